The van der Waals surface area contributed by atoms with E-state index in [0.717, 1.165) is 31.5 Å². The lowest BCUT2D eigenvalue weighted by Gasteiger charge is -2.45. The number of nitrogens with zero attached hydrogens (tertiary/aromatic N) is 2. The summed E-state index contributed by atoms with van der Waals surface area (Å²) >= 11 is 0. The molecule has 0 spiro atoms. The van der Waals surface area contributed by atoms with Crippen molar-refractivity contribution in [3.05, 3.63) is 95.6 Å². The van der Waals surface area contributed by atoms with Crippen LogP contribution in [0.25, 0.3) is 0 Å². The van der Waals surface area contributed by atoms with Crippen molar-refractivity contribution in [2.24, 2.45) is 0 Å². The standard InChI is InChI=1S/C32H35F3N2O2/c1-23-9-5-6-12-28(23)31(38)37(25-15-17-27(18-16-25)39-32(33,34)35)26-19-21-36(22-20-26)30-14-8-7-13-29(30)24-10-3-2-4-11-24/h2-6,9-12,15-18,26,29-30H,7-8,13-14,19-22H2,1H3. The first-order chi connectivity index (χ1) is 18.8. The smallest absolute Gasteiger partial charge is 0.406 e. The van der Waals surface area contributed by atoms with Gasteiger partial charge in [0, 0.05) is 36.4 Å². The largest absolute Gasteiger partial charge is 0.573 e. The Balaban J connectivity index is 1.36. The van der Waals surface area contributed by atoms with Crippen molar-refractivity contribution in [1.29, 1.82) is 0 Å². The van der Waals surface area contributed by atoms with Crippen LogP contribution in [0.1, 0.15) is 65.9 Å². The van der Waals surface area contributed by atoms with E-state index >= 15 is 0 Å². The van der Waals surface area contributed by atoms with E-state index in [4.69, 9.17) is 0 Å². The molecule has 1 aliphatic heterocycles. The molecule has 3 aromatic rings. The number of carbonyl (C=O) groups excluding carboxylic acids is 1. The second-order valence-corrected chi connectivity index (χ2v) is 10.7. The van der Waals surface area contributed by atoms with Gasteiger partial charge >= 0.3 is 6.36 Å². The van der Waals surface area contributed by atoms with Gasteiger partial charge in [-0.3, -0.25) is 9.69 Å². The minimum atomic E-state index is -4.76. The number of likely N-dealkylation sites (tertiary alicyclic amines) is 1. The monoisotopic (exact) mass is 536 g/mol. The molecule has 3 aromatic carbocycles. The van der Waals surface area contributed by atoms with E-state index in [2.05, 4.69) is 40.0 Å². The van der Waals surface area contributed by atoms with Gasteiger partial charge < -0.3 is 9.64 Å². The third kappa shape index (κ3) is 6.47. The van der Waals surface area contributed by atoms with E-state index < -0.39 is 6.36 Å². The van der Waals surface area contributed by atoms with E-state index in [0.29, 0.717) is 23.2 Å². The highest BCUT2D eigenvalue weighted by molar-refractivity contribution is 6.07. The van der Waals surface area contributed by atoms with Crippen molar-refractivity contribution in [3.63, 3.8) is 0 Å². The second-order valence-electron chi connectivity index (χ2n) is 10.7. The zero-order valence-electron chi connectivity index (χ0n) is 22.2. The Morgan fingerprint density at radius 3 is 2.15 bits per heavy atom. The minimum absolute atomic E-state index is 0.0542. The molecule has 2 unspecified atom stereocenters. The second kappa shape index (κ2) is 11.8. The van der Waals surface area contributed by atoms with E-state index in [1.54, 1.807) is 17.0 Å². The maximum atomic E-state index is 13.9. The van der Waals surface area contributed by atoms with E-state index in [1.165, 1.54) is 43.4 Å². The maximum Gasteiger partial charge on any atom is 0.573 e. The van der Waals surface area contributed by atoms with Crippen LogP contribution in [0, 0.1) is 6.92 Å². The summed E-state index contributed by atoms with van der Waals surface area (Å²) in [5, 5.41) is 0. The van der Waals surface area contributed by atoms with Crippen LogP contribution in [0.3, 0.4) is 0 Å². The molecule has 2 aliphatic rings. The molecular weight excluding hydrogens is 501 g/mol. The lowest BCUT2D eigenvalue weighted by atomic mass is 9.78. The summed E-state index contributed by atoms with van der Waals surface area (Å²) in [6, 6.07) is 24.3. The summed E-state index contributed by atoms with van der Waals surface area (Å²) in [7, 11) is 0. The van der Waals surface area contributed by atoms with Crippen molar-refractivity contribution in [1.82, 2.24) is 4.90 Å². The SMILES string of the molecule is Cc1ccccc1C(=O)N(c1ccc(OC(F)(F)F)cc1)C1CCN(C2CCCCC2c2ccccc2)CC1. The lowest BCUT2D eigenvalue weighted by molar-refractivity contribution is -0.274. The van der Waals surface area contributed by atoms with Crippen molar-refractivity contribution in [2.75, 3.05) is 18.0 Å². The molecule has 1 saturated heterocycles. The highest BCUT2D eigenvalue weighted by Crippen LogP contribution is 2.38. The third-order valence-corrected chi connectivity index (χ3v) is 8.23. The third-order valence-electron chi connectivity index (χ3n) is 8.23. The fourth-order valence-electron chi connectivity index (χ4n) is 6.36. The first-order valence-electron chi connectivity index (χ1n) is 13.8. The maximum absolute atomic E-state index is 13.9. The molecule has 39 heavy (non-hydrogen) atoms. The molecule has 1 saturated carbocycles. The quantitative estimate of drug-likeness (QED) is 0.323. The number of aryl methyl sites for hydroxylation is 1. The van der Waals surface area contributed by atoms with Crippen LogP contribution < -0.4 is 9.64 Å². The van der Waals surface area contributed by atoms with Gasteiger partial charge in [-0.05, 0) is 80.0 Å². The van der Waals surface area contributed by atoms with Crippen LogP contribution >= 0.6 is 0 Å². The molecule has 1 amide bonds. The van der Waals surface area contributed by atoms with Gasteiger partial charge in [0.25, 0.3) is 5.91 Å². The van der Waals surface area contributed by atoms with Crippen LogP contribution in [0.15, 0.2) is 78.9 Å². The number of anilines is 1. The van der Waals surface area contributed by atoms with Gasteiger partial charge in [-0.1, -0.05) is 61.4 Å². The van der Waals surface area contributed by atoms with Crippen LogP contribution in [0.5, 0.6) is 5.75 Å². The van der Waals surface area contributed by atoms with Gasteiger partial charge in [0.05, 0.1) is 0 Å². The summed E-state index contributed by atoms with van der Waals surface area (Å²) in [6.45, 7) is 3.66. The number of rotatable bonds is 6. The van der Waals surface area contributed by atoms with Crippen molar-refractivity contribution in [3.8, 4) is 5.75 Å². The first kappa shape index (κ1) is 27.3. The molecule has 7 heteroatoms. The van der Waals surface area contributed by atoms with Gasteiger partial charge in [0.15, 0.2) is 0 Å². The molecule has 0 bridgehead atoms. The Labute approximate surface area is 228 Å². The zero-order valence-corrected chi connectivity index (χ0v) is 22.2. The summed E-state index contributed by atoms with van der Waals surface area (Å²) in [5.74, 6) is 0.0897. The van der Waals surface area contributed by atoms with Gasteiger partial charge in [0.1, 0.15) is 5.75 Å². The topological polar surface area (TPSA) is 32.8 Å². The number of amides is 1. The van der Waals surface area contributed by atoms with Gasteiger partial charge in [-0.25, -0.2) is 0 Å². The summed E-state index contributed by atoms with van der Waals surface area (Å²) in [6.07, 6.45) is 1.70. The molecule has 5 rings (SSSR count). The van der Waals surface area contributed by atoms with E-state index in [1.807, 2.05) is 31.2 Å². The fraction of sp³-hybridized carbons (Fsp3) is 0.406. The average molecular weight is 537 g/mol. The Morgan fingerprint density at radius 2 is 1.49 bits per heavy atom. The highest BCUT2D eigenvalue weighted by atomic mass is 19.4. The predicted octanol–water partition coefficient (Wildman–Crippen LogP) is 7.73. The molecule has 0 N–H and O–H groups in total. The van der Waals surface area contributed by atoms with Gasteiger partial charge in [-0.15, -0.1) is 13.2 Å². The van der Waals surface area contributed by atoms with Crippen LogP contribution in [0.4, 0.5) is 18.9 Å². The van der Waals surface area contributed by atoms with Crippen LogP contribution in [0.2, 0.25) is 0 Å². The number of ether oxygens (including phenoxy) is 1. The Kier molecular flexibility index (Phi) is 8.26. The number of benzene rings is 3. The van der Waals surface area contributed by atoms with Gasteiger partial charge in [0.2, 0.25) is 0 Å². The predicted molar refractivity (Wildman–Crippen MR) is 147 cm³/mol. The number of halogens is 3. The Morgan fingerprint density at radius 1 is 0.846 bits per heavy atom. The molecule has 0 aromatic heterocycles. The number of hydrogen-bond donors (Lipinski definition) is 0. The molecule has 206 valence electrons. The molecule has 0 radical (unpaired) electrons. The number of hydrogen-bond acceptors (Lipinski definition) is 3. The lowest BCUT2D eigenvalue weighted by Crippen LogP contribution is -2.51. The number of alkyl halides is 3. The van der Waals surface area contributed by atoms with Crippen molar-refractivity contribution < 1.29 is 22.7 Å². The molecule has 1 aliphatic carbocycles. The summed E-state index contributed by atoms with van der Waals surface area (Å²) in [5.41, 5.74) is 3.46. The summed E-state index contributed by atoms with van der Waals surface area (Å²) in [4.78, 5) is 18.3. The van der Waals surface area contributed by atoms with E-state index in [-0.39, 0.29) is 17.7 Å². The Hall–Kier alpha value is -3.32. The van der Waals surface area contributed by atoms with Crippen LogP contribution in [-0.2, 0) is 0 Å². The van der Waals surface area contributed by atoms with E-state index in [9.17, 15) is 18.0 Å². The normalized spacial score (nSPS) is 20.9. The molecule has 2 fully saturated rings. The molecular formula is C32H35F3N2O2. The number of carbonyl (C=O) groups is 1. The minimum Gasteiger partial charge on any atom is -0.406 e. The average Bonchev–Trinajstić information content (AvgIpc) is 2.94. The van der Waals surface area contributed by atoms with Crippen LogP contribution in [-0.4, -0.2) is 42.3 Å². The molecule has 2 atom stereocenters. The number of piperidine rings is 1. The fourth-order valence-corrected chi connectivity index (χ4v) is 6.36. The van der Waals surface area contributed by atoms with Crippen molar-refractivity contribution >= 4 is 11.6 Å². The zero-order chi connectivity index (χ0) is 27.4. The first-order valence-corrected chi connectivity index (χ1v) is 13.8. The molecule has 4 nitrogen and oxygen atoms in total. The Bertz CT molecular complexity index is 1240. The summed E-state index contributed by atoms with van der Waals surface area (Å²) < 4.78 is 42.2. The highest BCUT2D eigenvalue weighted by Gasteiger charge is 2.36. The molecule has 1 heterocycles. The van der Waals surface area contributed by atoms with Crippen molar-refractivity contribution in [2.45, 2.75) is 69.8 Å². The van der Waals surface area contributed by atoms with Gasteiger partial charge in [-0.2, -0.15) is 0 Å².